The number of carboxylic acids is 1. The molecule has 2 atom stereocenters. The number of rotatable bonds is 9. The van der Waals surface area contributed by atoms with Gasteiger partial charge in [-0.2, -0.15) is 0 Å². The highest BCUT2D eigenvalue weighted by Crippen LogP contribution is 2.44. The number of carboxylic acid groups (broad SMARTS) is 1. The SMILES string of the molecule is CCN(CC1CCOC1)C(=O)C(CC(=O)O)NC(=O)OCC1c2ccccc2-c2ccccc21. The maximum atomic E-state index is 13.1. The summed E-state index contributed by atoms with van der Waals surface area (Å²) >= 11 is 0. The van der Waals surface area contributed by atoms with Gasteiger partial charge in [-0.15, -0.1) is 0 Å². The quantitative estimate of drug-likeness (QED) is 0.588. The summed E-state index contributed by atoms with van der Waals surface area (Å²) in [4.78, 5) is 38.7. The Hall–Kier alpha value is -3.39. The summed E-state index contributed by atoms with van der Waals surface area (Å²) in [5.41, 5.74) is 4.37. The van der Waals surface area contributed by atoms with Crippen LogP contribution < -0.4 is 5.32 Å². The van der Waals surface area contributed by atoms with E-state index in [9.17, 15) is 19.5 Å². The van der Waals surface area contributed by atoms with E-state index in [1.54, 1.807) is 4.90 Å². The summed E-state index contributed by atoms with van der Waals surface area (Å²) in [5, 5.41) is 11.8. The third-order valence-corrected chi connectivity index (χ3v) is 6.51. The molecule has 180 valence electrons. The van der Waals surface area contributed by atoms with Crippen molar-refractivity contribution in [2.24, 2.45) is 5.92 Å². The first-order chi connectivity index (χ1) is 16.5. The number of alkyl carbamates (subject to hydrolysis) is 1. The first kappa shape index (κ1) is 23.8. The van der Waals surface area contributed by atoms with Crippen molar-refractivity contribution in [1.82, 2.24) is 10.2 Å². The molecular weight excluding hydrogens is 436 g/mol. The number of ether oxygens (including phenoxy) is 2. The molecule has 0 saturated carbocycles. The number of nitrogens with one attached hydrogen (secondary N) is 1. The molecule has 1 heterocycles. The van der Waals surface area contributed by atoms with Crippen LogP contribution in [0.2, 0.25) is 0 Å². The van der Waals surface area contributed by atoms with E-state index < -0.39 is 30.4 Å². The molecule has 2 aliphatic rings. The zero-order chi connectivity index (χ0) is 24.1. The molecule has 1 saturated heterocycles. The Morgan fingerprint density at radius 1 is 1.12 bits per heavy atom. The molecule has 2 N–H and O–H groups in total. The van der Waals surface area contributed by atoms with Crippen molar-refractivity contribution in [1.29, 1.82) is 0 Å². The van der Waals surface area contributed by atoms with Gasteiger partial charge in [-0.05, 0) is 35.6 Å². The average Bonchev–Trinajstić information content (AvgIpc) is 3.46. The standard InChI is InChI=1S/C26H30N2O6/c1-2-28(14-17-11-12-33-15-17)25(31)23(13-24(29)30)27-26(32)34-16-22-20-9-5-3-7-18(20)19-8-4-6-10-21(19)22/h3-10,17,22-23H,2,11-16H2,1H3,(H,27,32)(H,29,30). The number of likely N-dealkylation sites (N-methyl/N-ethyl adjacent to an activating group) is 1. The third kappa shape index (κ3) is 5.22. The molecule has 0 bridgehead atoms. The molecule has 8 nitrogen and oxygen atoms in total. The van der Waals surface area contributed by atoms with Gasteiger partial charge in [-0.1, -0.05) is 48.5 Å². The molecule has 34 heavy (non-hydrogen) atoms. The van der Waals surface area contributed by atoms with Gasteiger partial charge in [-0.3, -0.25) is 9.59 Å². The normalized spacial score (nSPS) is 17.5. The van der Waals surface area contributed by atoms with Gasteiger partial charge in [0.1, 0.15) is 12.6 Å². The fraction of sp³-hybridized carbons (Fsp3) is 0.423. The number of aliphatic carboxylic acids is 1. The highest BCUT2D eigenvalue weighted by Gasteiger charge is 2.32. The van der Waals surface area contributed by atoms with E-state index in [0.29, 0.717) is 26.3 Å². The monoisotopic (exact) mass is 466 g/mol. The Morgan fingerprint density at radius 2 is 1.76 bits per heavy atom. The van der Waals surface area contributed by atoms with Crippen LogP contribution in [0.15, 0.2) is 48.5 Å². The molecule has 8 heteroatoms. The molecule has 1 aliphatic heterocycles. The van der Waals surface area contributed by atoms with E-state index in [4.69, 9.17) is 9.47 Å². The van der Waals surface area contributed by atoms with Gasteiger partial charge in [-0.25, -0.2) is 4.79 Å². The summed E-state index contributed by atoms with van der Waals surface area (Å²) in [5.74, 6) is -1.51. The Balaban J connectivity index is 1.41. The maximum absolute atomic E-state index is 13.1. The summed E-state index contributed by atoms with van der Waals surface area (Å²) in [6.07, 6.45) is -0.463. The minimum Gasteiger partial charge on any atom is -0.481 e. The molecule has 4 rings (SSSR count). The van der Waals surface area contributed by atoms with Crippen LogP contribution >= 0.6 is 0 Å². The van der Waals surface area contributed by atoms with E-state index in [1.807, 2.05) is 55.5 Å². The molecule has 2 aromatic carbocycles. The Labute approximate surface area is 198 Å². The van der Waals surface area contributed by atoms with Crippen molar-refractivity contribution < 1.29 is 29.0 Å². The summed E-state index contributed by atoms with van der Waals surface area (Å²) in [6.45, 7) is 4.04. The van der Waals surface area contributed by atoms with E-state index >= 15 is 0 Å². The first-order valence-electron chi connectivity index (χ1n) is 11.7. The van der Waals surface area contributed by atoms with Gasteiger partial charge in [0, 0.05) is 31.5 Å². The van der Waals surface area contributed by atoms with Crippen molar-refractivity contribution in [2.75, 3.05) is 32.9 Å². The van der Waals surface area contributed by atoms with Gasteiger partial charge in [0.2, 0.25) is 5.91 Å². The number of hydrogen-bond acceptors (Lipinski definition) is 5. The molecule has 0 radical (unpaired) electrons. The van der Waals surface area contributed by atoms with Crippen LogP contribution in [-0.4, -0.2) is 66.9 Å². The minimum absolute atomic E-state index is 0.0880. The highest BCUT2D eigenvalue weighted by atomic mass is 16.5. The number of hydrogen-bond donors (Lipinski definition) is 2. The Bertz CT molecular complexity index is 1000. The van der Waals surface area contributed by atoms with E-state index in [1.165, 1.54) is 0 Å². The van der Waals surface area contributed by atoms with Crippen molar-refractivity contribution in [3.63, 3.8) is 0 Å². The number of nitrogens with zero attached hydrogens (tertiary/aromatic N) is 1. The first-order valence-corrected chi connectivity index (χ1v) is 11.7. The van der Waals surface area contributed by atoms with Crippen LogP contribution in [0.25, 0.3) is 11.1 Å². The maximum Gasteiger partial charge on any atom is 0.407 e. The van der Waals surface area contributed by atoms with Crippen LogP contribution in [0.4, 0.5) is 4.79 Å². The van der Waals surface area contributed by atoms with Crippen LogP contribution in [0, 0.1) is 5.92 Å². The van der Waals surface area contributed by atoms with Gasteiger partial charge >= 0.3 is 12.1 Å². The molecule has 1 aliphatic carbocycles. The fourth-order valence-corrected chi connectivity index (χ4v) is 4.79. The minimum atomic E-state index is -1.20. The molecule has 2 aromatic rings. The molecule has 2 unspecified atom stereocenters. The largest absolute Gasteiger partial charge is 0.481 e. The Kier molecular flexibility index (Phi) is 7.47. The predicted molar refractivity (Wildman–Crippen MR) is 125 cm³/mol. The molecule has 0 spiro atoms. The molecule has 0 aromatic heterocycles. The lowest BCUT2D eigenvalue weighted by molar-refractivity contribution is -0.142. The topological polar surface area (TPSA) is 105 Å². The average molecular weight is 467 g/mol. The third-order valence-electron chi connectivity index (χ3n) is 6.51. The number of fused-ring (bicyclic) bond motifs is 3. The lowest BCUT2D eigenvalue weighted by atomic mass is 9.98. The predicted octanol–water partition coefficient (Wildman–Crippen LogP) is 3.25. The van der Waals surface area contributed by atoms with Crippen molar-refractivity contribution in [3.8, 4) is 11.1 Å². The van der Waals surface area contributed by atoms with Crippen molar-refractivity contribution >= 4 is 18.0 Å². The van der Waals surface area contributed by atoms with Crippen molar-refractivity contribution in [3.05, 3.63) is 59.7 Å². The highest BCUT2D eigenvalue weighted by molar-refractivity contribution is 5.89. The number of benzene rings is 2. The van der Waals surface area contributed by atoms with Crippen molar-refractivity contribution in [2.45, 2.75) is 31.7 Å². The Morgan fingerprint density at radius 3 is 2.32 bits per heavy atom. The van der Waals surface area contributed by atoms with Gasteiger partial charge in [0.05, 0.1) is 13.0 Å². The summed E-state index contributed by atoms with van der Waals surface area (Å²) in [7, 11) is 0. The lowest BCUT2D eigenvalue weighted by Crippen LogP contribution is -2.50. The molecular formula is C26H30N2O6. The lowest BCUT2D eigenvalue weighted by Gasteiger charge is -2.28. The second-order valence-corrected chi connectivity index (χ2v) is 8.73. The molecule has 1 fully saturated rings. The molecule has 2 amide bonds. The van der Waals surface area contributed by atoms with Gasteiger partial charge < -0.3 is 24.8 Å². The van der Waals surface area contributed by atoms with Gasteiger partial charge in [0.25, 0.3) is 0 Å². The smallest absolute Gasteiger partial charge is 0.407 e. The summed E-state index contributed by atoms with van der Waals surface area (Å²) in [6, 6.07) is 14.8. The zero-order valence-corrected chi connectivity index (χ0v) is 19.2. The number of amides is 2. The van der Waals surface area contributed by atoms with E-state index in [0.717, 1.165) is 28.7 Å². The van der Waals surface area contributed by atoms with Crippen LogP contribution in [0.3, 0.4) is 0 Å². The number of carbonyl (C=O) groups excluding carboxylic acids is 2. The summed E-state index contributed by atoms with van der Waals surface area (Å²) < 4.78 is 10.9. The fourth-order valence-electron chi connectivity index (χ4n) is 4.79. The van der Waals surface area contributed by atoms with E-state index in [2.05, 4.69) is 5.32 Å². The second-order valence-electron chi connectivity index (χ2n) is 8.73. The zero-order valence-electron chi connectivity index (χ0n) is 19.2. The van der Waals surface area contributed by atoms with Crippen LogP contribution in [0.5, 0.6) is 0 Å². The second kappa shape index (κ2) is 10.7. The van der Waals surface area contributed by atoms with E-state index in [-0.39, 0.29) is 18.4 Å². The van der Waals surface area contributed by atoms with Gasteiger partial charge in [0.15, 0.2) is 0 Å². The van der Waals surface area contributed by atoms with Crippen LogP contribution in [-0.2, 0) is 19.1 Å². The van der Waals surface area contributed by atoms with Crippen LogP contribution in [0.1, 0.15) is 36.8 Å². The number of carbonyl (C=O) groups is 3.